The van der Waals surface area contributed by atoms with Crippen LogP contribution >= 0.6 is 11.3 Å². The van der Waals surface area contributed by atoms with Gasteiger partial charge < -0.3 is 5.73 Å². The summed E-state index contributed by atoms with van der Waals surface area (Å²) in [5.41, 5.74) is 8.12. The van der Waals surface area contributed by atoms with E-state index in [1.165, 1.54) is 17.4 Å². The molecular weight excluding hydrogens is 249 g/mol. The van der Waals surface area contributed by atoms with E-state index >= 15 is 0 Å². The third kappa shape index (κ3) is 1.82. The molecule has 0 fully saturated rings. The first-order valence-electron chi connectivity index (χ1n) is 5.43. The largest absolute Gasteiger partial charge is 0.399 e. The fraction of sp³-hybridized carbons (Fsp3) is 0.0769. The van der Waals surface area contributed by atoms with Crippen LogP contribution in [0.3, 0.4) is 0 Å². The number of hydrogen-bond donors (Lipinski definition) is 1. The van der Waals surface area contributed by atoms with Crippen LogP contribution in [0.5, 0.6) is 0 Å². The smallest absolute Gasteiger partial charge is 0.144 e. The molecule has 3 nitrogen and oxygen atoms in total. The van der Waals surface area contributed by atoms with E-state index in [9.17, 15) is 4.39 Å². The highest BCUT2D eigenvalue weighted by atomic mass is 32.1. The summed E-state index contributed by atoms with van der Waals surface area (Å²) in [4.78, 5) is 9.59. The minimum atomic E-state index is -0.356. The normalized spacial score (nSPS) is 11.0. The lowest BCUT2D eigenvalue weighted by Gasteiger charge is -1.99. The molecule has 0 unspecified atom stereocenters. The Hall–Kier alpha value is -2.01. The third-order valence-corrected chi connectivity index (χ3v) is 3.62. The third-order valence-electron chi connectivity index (χ3n) is 2.62. The number of aryl methyl sites for hydroxylation is 1. The zero-order valence-electron chi connectivity index (χ0n) is 9.64. The summed E-state index contributed by atoms with van der Waals surface area (Å²) < 4.78 is 13.8. The maximum absolute atomic E-state index is 13.8. The van der Waals surface area contributed by atoms with Gasteiger partial charge >= 0.3 is 0 Å². The molecule has 3 aromatic rings. The van der Waals surface area contributed by atoms with Crippen molar-refractivity contribution in [3.05, 3.63) is 41.8 Å². The topological polar surface area (TPSA) is 51.8 Å². The second-order valence-electron chi connectivity index (χ2n) is 4.04. The average molecular weight is 259 g/mol. The van der Waals surface area contributed by atoms with Crippen molar-refractivity contribution in [2.45, 2.75) is 6.92 Å². The predicted molar refractivity (Wildman–Crippen MR) is 72.0 cm³/mol. The number of anilines is 1. The molecule has 0 amide bonds. The summed E-state index contributed by atoms with van der Waals surface area (Å²) in [5, 5.41) is 0.626. The van der Waals surface area contributed by atoms with Gasteiger partial charge in [0.15, 0.2) is 0 Å². The molecule has 0 aliphatic carbocycles. The van der Waals surface area contributed by atoms with Crippen LogP contribution in [0, 0.1) is 12.7 Å². The van der Waals surface area contributed by atoms with Gasteiger partial charge in [-0.15, -0.1) is 0 Å². The molecule has 0 bridgehead atoms. The van der Waals surface area contributed by atoms with Gasteiger partial charge in [-0.05, 0) is 37.3 Å². The number of halogens is 1. The number of nitrogens with zero attached hydrogens (tertiary/aromatic N) is 2. The summed E-state index contributed by atoms with van der Waals surface area (Å²) in [7, 11) is 0. The van der Waals surface area contributed by atoms with Crippen LogP contribution in [0.2, 0.25) is 0 Å². The van der Waals surface area contributed by atoms with Gasteiger partial charge in [0.2, 0.25) is 0 Å². The summed E-state index contributed by atoms with van der Waals surface area (Å²) >= 11 is 1.38. The van der Waals surface area contributed by atoms with Crippen LogP contribution in [0.1, 0.15) is 5.69 Å². The zero-order valence-corrected chi connectivity index (χ0v) is 10.5. The minimum Gasteiger partial charge on any atom is -0.399 e. The standard InChI is InChI=1S/C13H10FN3S/c1-7-2-5-11-13(16-7)18-12(17-11)9-4-3-8(15)6-10(9)14/h2-6H,15H2,1H3. The number of rotatable bonds is 1. The second kappa shape index (κ2) is 4.03. The van der Waals surface area contributed by atoms with Crippen molar-refractivity contribution in [2.24, 2.45) is 0 Å². The van der Waals surface area contributed by atoms with Crippen LogP contribution in [0.15, 0.2) is 30.3 Å². The summed E-state index contributed by atoms with van der Waals surface area (Å²) in [6, 6.07) is 8.41. The van der Waals surface area contributed by atoms with Gasteiger partial charge in [-0.3, -0.25) is 0 Å². The minimum absolute atomic E-state index is 0.356. The lowest BCUT2D eigenvalue weighted by Crippen LogP contribution is -1.88. The number of aromatic nitrogens is 2. The molecule has 0 saturated heterocycles. The highest BCUT2D eigenvalue weighted by Crippen LogP contribution is 2.31. The Bertz CT molecular complexity index is 736. The molecule has 0 aliphatic rings. The van der Waals surface area contributed by atoms with Crippen molar-refractivity contribution < 1.29 is 4.39 Å². The number of fused-ring (bicyclic) bond motifs is 1. The van der Waals surface area contributed by atoms with Gasteiger partial charge in [0.25, 0.3) is 0 Å². The van der Waals surface area contributed by atoms with Crippen molar-refractivity contribution in [3.63, 3.8) is 0 Å². The highest BCUT2D eigenvalue weighted by Gasteiger charge is 2.11. The van der Waals surface area contributed by atoms with Crippen LogP contribution in [0.25, 0.3) is 20.9 Å². The maximum Gasteiger partial charge on any atom is 0.144 e. The predicted octanol–water partition coefficient (Wildman–Crippen LogP) is 3.39. The number of nitrogen functional groups attached to an aromatic ring is 1. The quantitative estimate of drug-likeness (QED) is 0.681. The van der Waals surface area contributed by atoms with Gasteiger partial charge in [0.1, 0.15) is 21.2 Å². The highest BCUT2D eigenvalue weighted by molar-refractivity contribution is 7.21. The Kier molecular flexibility index (Phi) is 2.48. The van der Waals surface area contributed by atoms with Gasteiger partial charge in [0.05, 0.1) is 0 Å². The van der Waals surface area contributed by atoms with E-state index in [-0.39, 0.29) is 5.82 Å². The van der Waals surface area contributed by atoms with Crippen molar-refractivity contribution in [3.8, 4) is 10.6 Å². The zero-order chi connectivity index (χ0) is 12.7. The lowest BCUT2D eigenvalue weighted by molar-refractivity contribution is 0.632. The van der Waals surface area contributed by atoms with Crippen molar-refractivity contribution in [2.75, 3.05) is 5.73 Å². The second-order valence-corrected chi connectivity index (χ2v) is 5.01. The average Bonchev–Trinajstić information content (AvgIpc) is 2.71. The number of thiazole rings is 1. The molecule has 90 valence electrons. The molecule has 0 spiro atoms. The van der Waals surface area contributed by atoms with Crippen molar-refractivity contribution in [1.29, 1.82) is 0 Å². The fourth-order valence-electron chi connectivity index (χ4n) is 1.73. The van der Waals surface area contributed by atoms with Gasteiger partial charge in [0, 0.05) is 16.9 Å². The van der Waals surface area contributed by atoms with Gasteiger partial charge in [-0.2, -0.15) is 0 Å². The molecular formula is C13H10FN3S. The Morgan fingerprint density at radius 1 is 1.17 bits per heavy atom. The van der Waals surface area contributed by atoms with E-state index in [2.05, 4.69) is 9.97 Å². The summed E-state index contributed by atoms with van der Waals surface area (Å²) in [6.45, 7) is 1.92. The number of benzene rings is 1. The fourth-order valence-corrected chi connectivity index (χ4v) is 2.74. The molecule has 2 heterocycles. The van der Waals surface area contributed by atoms with Crippen LogP contribution in [-0.2, 0) is 0 Å². The van der Waals surface area contributed by atoms with Crippen molar-refractivity contribution in [1.82, 2.24) is 9.97 Å². The van der Waals surface area contributed by atoms with E-state index in [1.807, 2.05) is 19.1 Å². The van der Waals surface area contributed by atoms with E-state index in [0.29, 0.717) is 16.3 Å². The first-order chi connectivity index (χ1) is 8.63. The maximum atomic E-state index is 13.8. The number of pyridine rings is 1. The molecule has 0 radical (unpaired) electrons. The number of hydrogen-bond acceptors (Lipinski definition) is 4. The first-order valence-corrected chi connectivity index (χ1v) is 6.25. The van der Waals surface area contributed by atoms with Gasteiger partial charge in [-0.25, -0.2) is 14.4 Å². The summed E-state index contributed by atoms with van der Waals surface area (Å²) in [5.74, 6) is -0.356. The monoisotopic (exact) mass is 259 g/mol. The molecule has 1 aromatic carbocycles. The molecule has 2 aromatic heterocycles. The first kappa shape index (κ1) is 11.1. The Morgan fingerprint density at radius 3 is 2.78 bits per heavy atom. The number of nitrogens with two attached hydrogens (primary N) is 1. The summed E-state index contributed by atoms with van der Waals surface area (Å²) in [6.07, 6.45) is 0. The van der Waals surface area contributed by atoms with Crippen molar-refractivity contribution >= 4 is 27.4 Å². The van der Waals surface area contributed by atoms with E-state index in [4.69, 9.17) is 5.73 Å². The Balaban J connectivity index is 2.19. The van der Waals surface area contributed by atoms with Crippen LogP contribution in [-0.4, -0.2) is 9.97 Å². The Morgan fingerprint density at radius 2 is 2.00 bits per heavy atom. The molecule has 0 saturated carbocycles. The molecule has 0 atom stereocenters. The molecule has 18 heavy (non-hydrogen) atoms. The van der Waals surface area contributed by atoms with Crippen LogP contribution < -0.4 is 5.73 Å². The lowest BCUT2D eigenvalue weighted by atomic mass is 10.2. The molecule has 5 heteroatoms. The molecule has 3 rings (SSSR count). The van der Waals surface area contributed by atoms with Crippen LogP contribution in [0.4, 0.5) is 10.1 Å². The molecule has 2 N–H and O–H groups in total. The molecule has 0 aliphatic heterocycles. The van der Waals surface area contributed by atoms with Gasteiger partial charge in [-0.1, -0.05) is 11.3 Å². The van der Waals surface area contributed by atoms with E-state index < -0.39 is 0 Å². The van der Waals surface area contributed by atoms with E-state index in [1.54, 1.807) is 12.1 Å². The SMILES string of the molecule is Cc1ccc2nc(-c3ccc(N)cc3F)sc2n1. The Labute approximate surface area is 107 Å². The van der Waals surface area contributed by atoms with E-state index in [0.717, 1.165) is 16.0 Å².